The number of hydrogen-bond donors (Lipinski definition) is 0. The topological polar surface area (TPSA) is 29.5 Å². The minimum absolute atomic E-state index is 0.234. The third-order valence-electron chi connectivity index (χ3n) is 3.91. The van der Waals surface area contributed by atoms with Crippen molar-refractivity contribution in [1.29, 1.82) is 0 Å². The van der Waals surface area contributed by atoms with Gasteiger partial charge in [-0.25, -0.2) is 0 Å². The maximum atomic E-state index is 12.6. The van der Waals surface area contributed by atoms with Crippen LogP contribution in [0.15, 0.2) is 29.8 Å². The molecule has 1 aliphatic rings. The predicted octanol–water partition coefficient (Wildman–Crippen LogP) is 3.01. The zero-order chi connectivity index (χ0) is 14.8. The van der Waals surface area contributed by atoms with Gasteiger partial charge >= 0.3 is 0 Å². The lowest BCUT2D eigenvalue weighted by atomic mass is 9.86. The molecular formula is C17H23NO2. The minimum Gasteiger partial charge on any atom is -0.497 e. The summed E-state index contributed by atoms with van der Waals surface area (Å²) in [4.78, 5) is 14.7. The van der Waals surface area contributed by atoms with Crippen LogP contribution in [0.5, 0.6) is 5.75 Å². The summed E-state index contributed by atoms with van der Waals surface area (Å²) in [6.07, 6.45) is 3.82. The summed E-state index contributed by atoms with van der Waals surface area (Å²) >= 11 is 0. The van der Waals surface area contributed by atoms with Gasteiger partial charge in [0.1, 0.15) is 5.75 Å². The quantitative estimate of drug-likeness (QED) is 0.790. The largest absolute Gasteiger partial charge is 0.497 e. The van der Waals surface area contributed by atoms with Gasteiger partial charge in [0.05, 0.1) is 7.11 Å². The molecule has 0 saturated heterocycles. The number of ketones is 1. The summed E-state index contributed by atoms with van der Waals surface area (Å²) in [5, 5.41) is 0. The van der Waals surface area contributed by atoms with Crippen LogP contribution in [-0.4, -0.2) is 38.4 Å². The number of ether oxygens (including phenoxy) is 1. The molecule has 0 spiro atoms. The Balaban J connectivity index is 2.17. The van der Waals surface area contributed by atoms with E-state index in [-0.39, 0.29) is 5.41 Å². The molecule has 0 amide bonds. The van der Waals surface area contributed by atoms with Gasteiger partial charge in [0.25, 0.3) is 0 Å². The van der Waals surface area contributed by atoms with Crippen LogP contribution < -0.4 is 4.74 Å². The molecule has 0 heterocycles. The van der Waals surface area contributed by atoms with Gasteiger partial charge in [0.2, 0.25) is 0 Å². The van der Waals surface area contributed by atoms with Crippen molar-refractivity contribution >= 4 is 11.9 Å². The first kappa shape index (κ1) is 14.8. The van der Waals surface area contributed by atoms with Gasteiger partial charge in [0.15, 0.2) is 5.78 Å². The molecule has 2 rings (SSSR count). The molecule has 1 aliphatic carbocycles. The highest BCUT2D eigenvalue weighted by Crippen LogP contribution is 2.39. The molecule has 3 heteroatoms. The Bertz CT molecular complexity index is 516. The summed E-state index contributed by atoms with van der Waals surface area (Å²) in [6, 6.07) is 7.82. The van der Waals surface area contributed by atoms with Crippen molar-refractivity contribution in [3.8, 4) is 5.75 Å². The van der Waals surface area contributed by atoms with E-state index in [1.54, 1.807) is 7.11 Å². The number of allylic oxidation sites excluding steroid dienone is 1. The number of methoxy groups -OCH3 is 1. The molecule has 0 radical (unpaired) electrons. The highest BCUT2D eigenvalue weighted by molar-refractivity contribution is 6.05. The first-order valence-electron chi connectivity index (χ1n) is 6.99. The molecule has 1 saturated carbocycles. The molecule has 1 aromatic rings. The summed E-state index contributed by atoms with van der Waals surface area (Å²) in [7, 11) is 5.69. The Kier molecular flexibility index (Phi) is 4.29. The Hall–Kier alpha value is -1.61. The number of hydrogen-bond acceptors (Lipinski definition) is 3. The molecule has 1 atom stereocenters. The van der Waals surface area contributed by atoms with E-state index in [1.165, 1.54) is 0 Å². The van der Waals surface area contributed by atoms with Gasteiger partial charge in [-0.3, -0.25) is 4.79 Å². The van der Waals surface area contributed by atoms with Crippen LogP contribution in [0.25, 0.3) is 6.08 Å². The molecule has 108 valence electrons. The Morgan fingerprint density at radius 2 is 1.95 bits per heavy atom. The van der Waals surface area contributed by atoms with Crippen LogP contribution in [-0.2, 0) is 4.79 Å². The minimum atomic E-state index is -0.234. The number of carbonyl (C=O) groups is 1. The van der Waals surface area contributed by atoms with Crippen LogP contribution in [0.1, 0.15) is 25.3 Å². The molecule has 1 aromatic carbocycles. The van der Waals surface area contributed by atoms with Gasteiger partial charge < -0.3 is 9.64 Å². The van der Waals surface area contributed by atoms with Crippen molar-refractivity contribution in [3.05, 3.63) is 35.4 Å². The van der Waals surface area contributed by atoms with E-state index in [2.05, 4.69) is 11.8 Å². The van der Waals surface area contributed by atoms with Crippen molar-refractivity contribution in [2.45, 2.75) is 19.8 Å². The van der Waals surface area contributed by atoms with Crippen molar-refractivity contribution in [1.82, 2.24) is 4.90 Å². The third-order valence-corrected chi connectivity index (χ3v) is 3.91. The fourth-order valence-corrected chi connectivity index (χ4v) is 2.91. The van der Waals surface area contributed by atoms with Crippen molar-refractivity contribution in [2.75, 3.05) is 27.7 Å². The average molecular weight is 273 g/mol. The van der Waals surface area contributed by atoms with Gasteiger partial charge in [-0.05, 0) is 56.3 Å². The SMILES string of the molecule is COc1ccc(/C=C2/CC[C@@](C)(CN(C)C)C2=O)cc1. The van der Waals surface area contributed by atoms with Gasteiger partial charge in [0, 0.05) is 12.0 Å². The van der Waals surface area contributed by atoms with Gasteiger partial charge in [-0.2, -0.15) is 0 Å². The van der Waals surface area contributed by atoms with E-state index in [0.29, 0.717) is 5.78 Å². The molecule has 0 aliphatic heterocycles. The molecule has 0 N–H and O–H groups in total. The lowest BCUT2D eigenvalue weighted by Crippen LogP contribution is -2.34. The molecule has 0 bridgehead atoms. The second-order valence-electron chi connectivity index (χ2n) is 6.07. The van der Waals surface area contributed by atoms with Gasteiger partial charge in [-0.15, -0.1) is 0 Å². The zero-order valence-electron chi connectivity index (χ0n) is 12.8. The summed E-state index contributed by atoms with van der Waals surface area (Å²) < 4.78 is 5.14. The molecule has 1 fully saturated rings. The van der Waals surface area contributed by atoms with E-state index in [1.807, 2.05) is 44.4 Å². The molecule has 3 nitrogen and oxygen atoms in total. The number of benzene rings is 1. The number of carbonyl (C=O) groups excluding carboxylic acids is 1. The Labute approximate surface area is 121 Å². The van der Waals surface area contributed by atoms with E-state index in [9.17, 15) is 4.79 Å². The van der Waals surface area contributed by atoms with E-state index < -0.39 is 0 Å². The monoisotopic (exact) mass is 273 g/mol. The predicted molar refractivity (Wildman–Crippen MR) is 81.9 cm³/mol. The van der Waals surface area contributed by atoms with E-state index >= 15 is 0 Å². The summed E-state index contributed by atoms with van der Waals surface area (Å²) in [6.45, 7) is 2.88. The van der Waals surface area contributed by atoms with Crippen LogP contribution in [0.2, 0.25) is 0 Å². The highest BCUT2D eigenvalue weighted by Gasteiger charge is 2.40. The van der Waals surface area contributed by atoms with Crippen LogP contribution in [0.4, 0.5) is 0 Å². The fraction of sp³-hybridized carbons (Fsp3) is 0.471. The Morgan fingerprint density at radius 1 is 1.30 bits per heavy atom. The second-order valence-corrected chi connectivity index (χ2v) is 6.07. The maximum Gasteiger partial charge on any atom is 0.166 e. The van der Waals surface area contributed by atoms with Crippen molar-refractivity contribution in [3.63, 3.8) is 0 Å². The molecule has 0 unspecified atom stereocenters. The molecule has 0 aromatic heterocycles. The highest BCUT2D eigenvalue weighted by atomic mass is 16.5. The number of nitrogens with zero attached hydrogens (tertiary/aromatic N) is 1. The summed E-state index contributed by atoms with van der Waals surface area (Å²) in [5.74, 6) is 1.13. The van der Waals surface area contributed by atoms with Crippen molar-refractivity contribution in [2.24, 2.45) is 5.41 Å². The lowest BCUT2D eigenvalue weighted by molar-refractivity contribution is -0.122. The first-order chi connectivity index (χ1) is 9.44. The first-order valence-corrected chi connectivity index (χ1v) is 6.99. The fourth-order valence-electron chi connectivity index (χ4n) is 2.91. The van der Waals surface area contributed by atoms with E-state index in [4.69, 9.17) is 4.74 Å². The zero-order valence-corrected chi connectivity index (χ0v) is 12.8. The van der Waals surface area contributed by atoms with Gasteiger partial charge in [-0.1, -0.05) is 19.1 Å². The standard InChI is InChI=1S/C17H23NO2/c1-17(12-18(2)3)10-9-14(16(17)19)11-13-5-7-15(20-4)8-6-13/h5-8,11H,9-10,12H2,1-4H3/b14-11-/t17-/m0/s1. The van der Waals surface area contributed by atoms with Crippen molar-refractivity contribution < 1.29 is 9.53 Å². The van der Waals surface area contributed by atoms with Crippen LogP contribution in [0, 0.1) is 5.41 Å². The number of Topliss-reactive ketones (excluding diaryl/α,β-unsaturated/α-hetero) is 1. The smallest absolute Gasteiger partial charge is 0.166 e. The molecular weight excluding hydrogens is 250 g/mol. The summed E-state index contributed by atoms with van der Waals surface area (Å²) in [5.41, 5.74) is 1.77. The molecule has 20 heavy (non-hydrogen) atoms. The second kappa shape index (κ2) is 5.80. The number of rotatable bonds is 4. The Morgan fingerprint density at radius 3 is 2.50 bits per heavy atom. The van der Waals surface area contributed by atoms with Crippen LogP contribution >= 0.6 is 0 Å². The third kappa shape index (κ3) is 3.10. The maximum absolute atomic E-state index is 12.6. The van der Waals surface area contributed by atoms with E-state index in [0.717, 1.165) is 36.3 Å². The normalized spacial score (nSPS) is 24.6. The average Bonchev–Trinajstić information content (AvgIpc) is 2.67. The lowest BCUT2D eigenvalue weighted by Gasteiger charge is -2.25. The van der Waals surface area contributed by atoms with Crippen LogP contribution in [0.3, 0.4) is 0 Å².